The predicted molar refractivity (Wildman–Crippen MR) is 122 cm³/mol. The van der Waals surface area contributed by atoms with E-state index in [1.54, 1.807) is 0 Å². The number of hydrogen-bond donors (Lipinski definition) is 1. The third-order valence-corrected chi connectivity index (χ3v) is 9.18. The number of halogens is 1. The van der Waals surface area contributed by atoms with Gasteiger partial charge in [-0.1, -0.05) is 11.3 Å². The number of rotatable bonds is 8. The molecule has 1 N–H and O–H groups in total. The van der Waals surface area contributed by atoms with Crippen LogP contribution >= 0.6 is 11.3 Å². The summed E-state index contributed by atoms with van der Waals surface area (Å²) in [4.78, 5) is 31.8. The second kappa shape index (κ2) is 9.20. The Hall–Kier alpha value is -3.04. The Bertz CT molecular complexity index is 1400. The SMILES string of the molecule is O=C(Nc1ncc(F)s1)C(CC1CCOCC1)n1ncc2c(S(=O)(=O)C3CC3)cc([N+](=O)[O-])nc21. The topological polar surface area (TPSA) is 159 Å². The molecule has 0 spiro atoms. The van der Waals surface area contributed by atoms with Crippen molar-refractivity contribution in [1.82, 2.24) is 19.7 Å². The van der Waals surface area contributed by atoms with Crippen LogP contribution < -0.4 is 5.32 Å². The molecule has 1 aliphatic heterocycles. The standard InChI is InChI=1S/C20H21FN6O6S2/c21-16-10-22-20(34-16)25-19(28)14(7-11-3-5-33-6-4-11)26-18-13(9-23-26)15(8-17(24-18)27(29)30)35(31,32)12-1-2-12/h8-12,14H,1-7H2,(H,22,25,28). The molecule has 35 heavy (non-hydrogen) atoms. The highest BCUT2D eigenvalue weighted by atomic mass is 32.2. The Morgan fingerprint density at radius 1 is 1.31 bits per heavy atom. The first-order valence-corrected chi connectivity index (χ1v) is 13.4. The van der Waals surface area contributed by atoms with Gasteiger partial charge in [0, 0.05) is 13.2 Å². The predicted octanol–water partition coefficient (Wildman–Crippen LogP) is 2.87. The molecule has 12 nitrogen and oxygen atoms in total. The Balaban J connectivity index is 1.60. The van der Waals surface area contributed by atoms with Crippen LogP contribution in [0.15, 0.2) is 23.4 Å². The molecule has 1 atom stereocenters. The van der Waals surface area contributed by atoms with E-state index in [-0.39, 0.29) is 27.0 Å². The summed E-state index contributed by atoms with van der Waals surface area (Å²) in [6.45, 7) is 1.06. The zero-order valence-corrected chi connectivity index (χ0v) is 19.9. The van der Waals surface area contributed by atoms with E-state index in [4.69, 9.17) is 4.74 Å². The van der Waals surface area contributed by atoms with Gasteiger partial charge >= 0.3 is 5.82 Å². The second-order valence-electron chi connectivity index (χ2n) is 8.57. The fraction of sp³-hybridized carbons (Fsp3) is 0.500. The van der Waals surface area contributed by atoms with Crippen LogP contribution in [-0.4, -0.2) is 57.5 Å². The molecule has 1 saturated carbocycles. The Labute approximate surface area is 202 Å². The maximum absolute atomic E-state index is 13.4. The number of fused-ring (bicyclic) bond motifs is 1. The number of sulfone groups is 1. The Morgan fingerprint density at radius 3 is 2.69 bits per heavy atom. The number of ether oxygens (including phenoxy) is 1. The van der Waals surface area contributed by atoms with Crippen molar-refractivity contribution in [3.63, 3.8) is 0 Å². The molecule has 0 bridgehead atoms. The molecule has 5 rings (SSSR count). The smallest absolute Gasteiger partial charge is 0.367 e. The minimum absolute atomic E-state index is 0.0527. The van der Waals surface area contributed by atoms with Crippen LogP contribution in [-0.2, 0) is 19.4 Å². The van der Waals surface area contributed by atoms with Crippen LogP contribution in [0, 0.1) is 21.2 Å². The van der Waals surface area contributed by atoms with Crippen molar-refractivity contribution in [3.8, 4) is 0 Å². The molecule has 4 heterocycles. The average Bonchev–Trinajstić information content (AvgIpc) is 3.51. The number of amides is 1. The van der Waals surface area contributed by atoms with Gasteiger partial charge in [-0.25, -0.2) is 18.1 Å². The molecule has 1 amide bonds. The summed E-state index contributed by atoms with van der Waals surface area (Å²) in [5.74, 6) is -1.12. The van der Waals surface area contributed by atoms with Crippen LogP contribution in [0.1, 0.15) is 38.1 Å². The van der Waals surface area contributed by atoms with Crippen molar-refractivity contribution in [2.75, 3.05) is 18.5 Å². The fourth-order valence-electron chi connectivity index (χ4n) is 4.21. The first-order valence-electron chi connectivity index (χ1n) is 11.0. The quantitative estimate of drug-likeness (QED) is 0.345. The lowest BCUT2D eigenvalue weighted by atomic mass is 9.92. The van der Waals surface area contributed by atoms with Crippen LogP contribution in [0.25, 0.3) is 11.0 Å². The molecular formula is C20H21FN6O6S2. The summed E-state index contributed by atoms with van der Waals surface area (Å²) in [6, 6.07) is -0.0398. The third-order valence-electron chi connectivity index (χ3n) is 6.17. The number of carbonyl (C=O) groups is 1. The Kier molecular flexibility index (Phi) is 6.23. The number of carbonyl (C=O) groups excluding carboxylic acids is 1. The van der Waals surface area contributed by atoms with E-state index < -0.39 is 42.9 Å². The van der Waals surface area contributed by atoms with Crippen molar-refractivity contribution in [3.05, 3.63) is 33.7 Å². The molecule has 1 aliphatic carbocycles. The van der Waals surface area contributed by atoms with Crippen molar-refractivity contribution < 1.29 is 27.3 Å². The number of nitro groups is 1. The fourth-order valence-corrected chi connectivity index (χ4v) is 6.59. The molecule has 3 aromatic rings. The van der Waals surface area contributed by atoms with Gasteiger partial charge in [-0.15, -0.1) is 0 Å². The molecule has 2 fully saturated rings. The minimum atomic E-state index is -3.82. The van der Waals surface area contributed by atoms with E-state index in [0.717, 1.165) is 12.3 Å². The molecule has 15 heteroatoms. The van der Waals surface area contributed by atoms with E-state index >= 15 is 0 Å². The first kappa shape index (κ1) is 23.7. The highest BCUT2D eigenvalue weighted by molar-refractivity contribution is 7.92. The van der Waals surface area contributed by atoms with Gasteiger partial charge in [0.05, 0.1) is 34.0 Å². The monoisotopic (exact) mass is 524 g/mol. The number of pyridine rings is 1. The van der Waals surface area contributed by atoms with Crippen LogP contribution in [0.4, 0.5) is 15.3 Å². The van der Waals surface area contributed by atoms with E-state index in [1.165, 1.54) is 10.9 Å². The van der Waals surface area contributed by atoms with Gasteiger partial charge in [-0.05, 0) is 47.9 Å². The summed E-state index contributed by atoms with van der Waals surface area (Å²) in [6.07, 6.45) is 4.91. The van der Waals surface area contributed by atoms with Crippen molar-refractivity contribution in [1.29, 1.82) is 0 Å². The van der Waals surface area contributed by atoms with Gasteiger partial charge in [0.25, 0.3) is 11.6 Å². The minimum Gasteiger partial charge on any atom is -0.381 e. The lowest BCUT2D eigenvalue weighted by molar-refractivity contribution is -0.389. The summed E-state index contributed by atoms with van der Waals surface area (Å²) < 4.78 is 46.1. The van der Waals surface area contributed by atoms with Crippen molar-refractivity contribution in [2.24, 2.45) is 5.92 Å². The molecular weight excluding hydrogens is 503 g/mol. The van der Waals surface area contributed by atoms with E-state index in [9.17, 15) is 27.7 Å². The van der Waals surface area contributed by atoms with E-state index in [2.05, 4.69) is 20.4 Å². The highest BCUT2D eigenvalue weighted by Crippen LogP contribution is 2.38. The largest absolute Gasteiger partial charge is 0.381 e. The van der Waals surface area contributed by atoms with Gasteiger partial charge in [-0.3, -0.25) is 4.79 Å². The number of aromatic nitrogens is 4. The van der Waals surface area contributed by atoms with Gasteiger partial charge in [-0.2, -0.15) is 9.49 Å². The number of nitrogens with zero attached hydrogens (tertiary/aromatic N) is 5. The zero-order chi connectivity index (χ0) is 24.7. The van der Waals surface area contributed by atoms with Gasteiger partial charge in [0.1, 0.15) is 6.04 Å². The van der Waals surface area contributed by atoms with Crippen LogP contribution in [0.5, 0.6) is 0 Å². The molecule has 0 aromatic carbocycles. The lowest BCUT2D eigenvalue weighted by Crippen LogP contribution is -2.30. The number of nitrogens with one attached hydrogen (secondary N) is 1. The van der Waals surface area contributed by atoms with Crippen LogP contribution in [0.2, 0.25) is 0 Å². The third kappa shape index (κ3) is 4.75. The summed E-state index contributed by atoms with van der Waals surface area (Å²) >= 11 is 0.659. The maximum atomic E-state index is 13.4. The highest BCUT2D eigenvalue weighted by Gasteiger charge is 2.40. The number of anilines is 1. The maximum Gasteiger partial charge on any atom is 0.367 e. The lowest BCUT2D eigenvalue weighted by Gasteiger charge is -2.26. The summed E-state index contributed by atoms with van der Waals surface area (Å²) in [5, 5.41) is 17.4. The first-order chi connectivity index (χ1) is 16.7. The van der Waals surface area contributed by atoms with Gasteiger partial charge in [0.15, 0.2) is 20.1 Å². The van der Waals surface area contributed by atoms with Crippen LogP contribution in [0.3, 0.4) is 0 Å². The molecule has 1 unspecified atom stereocenters. The second-order valence-corrected chi connectivity index (χ2v) is 11.7. The van der Waals surface area contributed by atoms with Gasteiger partial charge < -0.3 is 20.2 Å². The Morgan fingerprint density at radius 2 is 2.06 bits per heavy atom. The normalized spacial score (nSPS) is 18.0. The van der Waals surface area contributed by atoms with E-state index in [0.29, 0.717) is 56.7 Å². The molecule has 1 saturated heterocycles. The average molecular weight is 525 g/mol. The summed E-state index contributed by atoms with van der Waals surface area (Å²) in [5.41, 5.74) is -0.0732. The zero-order valence-electron chi connectivity index (χ0n) is 18.3. The summed E-state index contributed by atoms with van der Waals surface area (Å²) in [7, 11) is -3.82. The number of hydrogen-bond acceptors (Lipinski definition) is 10. The van der Waals surface area contributed by atoms with Crippen molar-refractivity contribution in [2.45, 2.75) is 48.3 Å². The molecule has 3 aromatic heterocycles. The van der Waals surface area contributed by atoms with Gasteiger partial charge in [0.2, 0.25) is 0 Å². The molecule has 2 aliphatic rings. The van der Waals surface area contributed by atoms with Crippen molar-refractivity contribution >= 4 is 49.1 Å². The number of thiazole rings is 1. The molecule has 0 radical (unpaired) electrons. The van der Waals surface area contributed by atoms with E-state index in [1.807, 2.05) is 0 Å². The molecule has 186 valence electrons.